The molecule has 0 atom stereocenters. The second-order valence-corrected chi connectivity index (χ2v) is 2.74. The molecule has 0 aliphatic carbocycles. The zero-order valence-corrected chi connectivity index (χ0v) is 5.68. The molecule has 1 fully saturated rings. The van der Waals surface area contributed by atoms with E-state index in [4.69, 9.17) is 0 Å². The number of carbonyl (C=O) groups is 2. The molecule has 1 saturated heterocycles. The van der Waals surface area contributed by atoms with Crippen molar-refractivity contribution < 1.29 is 14.1 Å². The third-order valence-corrected chi connectivity index (χ3v) is 1.80. The Morgan fingerprint density at radius 3 is 1.56 bits per heavy atom. The summed E-state index contributed by atoms with van der Waals surface area (Å²) in [6.07, 6.45) is 0.845. The molecule has 0 unspecified atom stereocenters. The first kappa shape index (κ1) is 6.42. The van der Waals surface area contributed by atoms with Gasteiger partial charge in [0.05, 0.1) is 26.9 Å². The van der Waals surface area contributed by atoms with Crippen LogP contribution in [0.1, 0.15) is 12.8 Å². The molecular formula is C6H10NO2+. The van der Waals surface area contributed by atoms with Crippen molar-refractivity contribution in [3.8, 4) is 0 Å². The normalized spacial score (nSPS) is 25.1. The lowest BCUT2D eigenvalue weighted by molar-refractivity contribution is -0.729. The number of quaternary nitrogens is 1. The van der Waals surface area contributed by atoms with Crippen molar-refractivity contribution in [2.24, 2.45) is 0 Å². The van der Waals surface area contributed by atoms with Crippen molar-refractivity contribution in [2.45, 2.75) is 12.8 Å². The Hall–Kier alpha value is -0.700. The summed E-state index contributed by atoms with van der Waals surface area (Å²) in [5.41, 5.74) is 0. The van der Waals surface area contributed by atoms with Crippen molar-refractivity contribution in [3.63, 3.8) is 0 Å². The summed E-state index contributed by atoms with van der Waals surface area (Å²) < 4.78 is -0.0556. The average molecular weight is 128 g/mol. The second kappa shape index (κ2) is 1.64. The van der Waals surface area contributed by atoms with Gasteiger partial charge in [0.25, 0.3) is 0 Å². The Morgan fingerprint density at radius 1 is 1.11 bits per heavy atom. The van der Waals surface area contributed by atoms with Crippen molar-refractivity contribution in [2.75, 3.05) is 14.1 Å². The third-order valence-electron chi connectivity index (χ3n) is 1.80. The summed E-state index contributed by atoms with van der Waals surface area (Å²) in [7, 11) is 3.27. The number of amides is 2. The first-order valence-electron chi connectivity index (χ1n) is 2.96. The molecule has 0 saturated carbocycles. The van der Waals surface area contributed by atoms with E-state index in [0.717, 1.165) is 0 Å². The molecule has 3 nitrogen and oxygen atoms in total. The fourth-order valence-corrected chi connectivity index (χ4v) is 0.912. The number of likely N-dealkylation sites (tertiary alicyclic amines) is 1. The summed E-state index contributed by atoms with van der Waals surface area (Å²) in [6.45, 7) is 0. The average Bonchev–Trinajstić information content (AvgIpc) is 1.96. The summed E-state index contributed by atoms with van der Waals surface area (Å²) in [6, 6.07) is 0. The van der Waals surface area contributed by atoms with Gasteiger partial charge >= 0.3 is 11.8 Å². The zero-order valence-electron chi connectivity index (χ0n) is 5.68. The van der Waals surface area contributed by atoms with E-state index in [2.05, 4.69) is 0 Å². The fourth-order valence-electron chi connectivity index (χ4n) is 0.912. The Bertz CT molecular complexity index is 154. The van der Waals surface area contributed by atoms with Crippen LogP contribution in [-0.2, 0) is 9.59 Å². The number of hydrogen-bond donors (Lipinski definition) is 0. The van der Waals surface area contributed by atoms with E-state index < -0.39 is 0 Å². The van der Waals surface area contributed by atoms with Gasteiger partial charge in [-0.25, -0.2) is 14.1 Å². The van der Waals surface area contributed by atoms with Gasteiger partial charge in [0.1, 0.15) is 0 Å². The Morgan fingerprint density at radius 2 is 1.44 bits per heavy atom. The first-order valence-corrected chi connectivity index (χ1v) is 2.96. The highest BCUT2D eigenvalue weighted by Gasteiger charge is 2.41. The molecule has 9 heavy (non-hydrogen) atoms. The van der Waals surface area contributed by atoms with E-state index in [9.17, 15) is 9.59 Å². The Labute approximate surface area is 53.9 Å². The smallest absolute Gasteiger partial charge is 0.230 e. The van der Waals surface area contributed by atoms with Crippen LogP contribution in [0.25, 0.3) is 0 Å². The molecule has 0 bridgehead atoms. The predicted octanol–water partition coefficient (Wildman–Crippen LogP) is -0.0902. The molecule has 0 aromatic rings. The van der Waals surface area contributed by atoms with E-state index >= 15 is 0 Å². The van der Waals surface area contributed by atoms with Crippen LogP contribution in [-0.4, -0.2) is 30.4 Å². The van der Waals surface area contributed by atoms with E-state index in [0.29, 0.717) is 12.8 Å². The lowest BCUT2D eigenvalue weighted by atomic mass is 10.4. The predicted molar refractivity (Wildman–Crippen MR) is 31.4 cm³/mol. The molecule has 1 heterocycles. The molecule has 0 N–H and O–H groups in total. The second-order valence-electron chi connectivity index (χ2n) is 2.74. The fraction of sp³-hybridized carbons (Fsp3) is 0.667. The zero-order chi connectivity index (χ0) is 7.07. The van der Waals surface area contributed by atoms with Gasteiger partial charge in [-0.05, 0) is 0 Å². The molecule has 3 heteroatoms. The van der Waals surface area contributed by atoms with Gasteiger partial charge in [-0.3, -0.25) is 0 Å². The van der Waals surface area contributed by atoms with Crippen LogP contribution in [0.5, 0.6) is 0 Å². The first-order chi connectivity index (χ1) is 4.05. The van der Waals surface area contributed by atoms with Crippen LogP contribution in [0, 0.1) is 0 Å². The highest BCUT2D eigenvalue weighted by Crippen LogP contribution is 2.16. The van der Waals surface area contributed by atoms with Gasteiger partial charge in [-0.1, -0.05) is 0 Å². The van der Waals surface area contributed by atoms with Crippen LogP contribution in [0.3, 0.4) is 0 Å². The minimum atomic E-state index is -0.0556. The van der Waals surface area contributed by atoms with Crippen LogP contribution in [0.4, 0.5) is 0 Å². The monoisotopic (exact) mass is 128 g/mol. The molecular weight excluding hydrogens is 118 g/mol. The van der Waals surface area contributed by atoms with E-state index in [1.165, 1.54) is 0 Å². The van der Waals surface area contributed by atoms with Gasteiger partial charge in [-0.2, -0.15) is 0 Å². The number of rotatable bonds is 0. The molecule has 2 amide bonds. The summed E-state index contributed by atoms with van der Waals surface area (Å²) in [4.78, 5) is 21.7. The molecule has 1 aliphatic rings. The van der Waals surface area contributed by atoms with Gasteiger partial charge in [0.15, 0.2) is 0 Å². The van der Waals surface area contributed by atoms with Gasteiger partial charge in [0, 0.05) is 0 Å². The minimum Gasteiger partial charge on any atom is -0.230 e. The maximum atomic E-state index is 10.9. The van der Waals surface area contributed by atoms with E-state index in [-0.39, 0.29) is 16.3 Å². The standard InChI is InChI=1S/C6H10NO2/c1-7(2)5(8)3-4-6(7)9/h3-4H2,1-2H3/q+1. The summed E-state index contributed by atoms with van der Waals surface area (Å²) in [5.74, 6) is 0.0556. The van der Waals surface area contributed by atoms with Crippen LogP contribution < -0.4 is 0 Å². The lowest BCUT2D eigenvalue weighted by Crippen LogP contribution is -2.44. The third kappa shape index (κ3) is 0.772. The highest BCUT2D eigenvalue weighted by atomic mass is 16.2. The molecule has 0 spiro atoms. The quantitative estimate of drug-likeness (QED) is 0.337. The SMILES string of the molecule is C[N+]1(C)C(=O)CCC1=O. The molecule has 0 aromatic carbocycles. The maximum absolute atomic E-state index is 10.9. The van der Waals surface area contributed by atoms with Crippen molar-refractivity contribution in [3.05, 3.63) is 0 Å². The lowest BCUT2D eigenvalue weighted by Gasteiger charge is -2.15. The van der Waals surface area contributed by atoms with Gasteiger partial charge in [0.2, 0.25) is 0 Å². The van der Waals surface area contributed by atoms with Crippen molar-refractivity contribution >= 4 is 11.8 Å². The molecule has 1 rings (SSSR count). The number of carbonyl (C=O) groups excluding carboxylic acids is 2. The van der Waals surface area contributed by atoms with Crippen molar-refractivity contribution in [1.82, 2.24) is 0 Å². The number of hydrogen-bond acceptors (Lipinski definition) is 2. The minimum absolute atomic E-state index is 0.0278. The van der Waals surface area contributed by atoms with Crippen LogP contribution in [0.2, 0.25) is 0 Å². The van der Waals surface area contributed by atoms with Gasteiger partial charge < -0.3 is 0 Å². The largest absolute Gasteiger partial charge is 0.321 e. The van der Waals surface area contributed by atoms with Crippen LogP contribution in [0.15, 0.2) is 0 Å². The topological polar surface area (TPSA) is 34.1 Å². The molecule has 0 aromatic heterocycles. The molecule has 0 radical (unpaired) electrons. The summed E-state index contributed by atoms with van der Waals surface area (Å²) >= 11 is 0. The highest BCUT2D eigenvalue weighted by molar-refractivity contribution is 5.91. The van der Waals surface area contributed by atoms with E-state index in [1.807, 2.05) is 0 Å². The molecule has 50 valence electrons. The van der Waals surface area contributed by atoms with Crippen molar-refractivity contribution in [1.29, 1.82) is 0 Å². The number of nitrogens with zero attached hydrogens (tertiary/aromatic N) is 1. The maximum Gasteiger partial charge on any atom is 0.321 e. The van der Waals surface area contributed by atoms with E-state index in [1.54, 1.807) is 14.1 Å². The number of imide groups is 1. The van der Waals surface area contributed by atoms with Gasteiger partial charge in [-0.15, -0.1) is 0 Å². The Balaban J connectivity index is 2.91. The summed E-state index contributed by atoms with van der Waals surface area (Å²) in [5, 5.41) is 0. The Kier molecular flexibility index (Phi) is 1.17. The van der Waals surface area contributed by atoms with Crippen LogP contribution >= 0.6 is 0 Å². The molecule has 1 aliphatic heterocycles.